The maximum Gasteiger partial charge on any atom is 0.315 e. The minimum Gasteiger partial charge on any atom is -0.465 e. The van der Waals surface area contributed by atoms with E-state index in [-0.39, 0.29) is 17.5 Å². The number of carbonyl (C=O) groups is 1. The molecule has 4 heteroatoms. The van der Waals surface area contributed by atoms with Gasteiger partial charge in [0.1, 0.15) is 0 Å². The molecule has 3 nitrogen and oxygen atoms in total. The molecular formula is C8H13O3S. The molecular weight excluding hydrogens is 176 g/mol. The molecule has 0 aromatic rings. The number of carbonyl (C=O) groups excluding carboxylic acids is 2. The van der Waals surface area contributed by atoms with Gasteiger partial charge in [-0.25, -0.2) is 0 Å². The summed E-state index contributed by atoms with van der Waals surface area (Å²) in [4.78, 5) is 20.6. The average Bonchev–Trinajstić information content (AvgIpc) is 2.01. The smallest absolute Gasteiger partial charge is 0.315 e. The van der Waals surface area contributed by atoms with Crippen molar-refractivity contribution in [2.75, 3.05) is 18.1 Å². The Hall–Kier alpha value is -0.510. The van der Waals surface area contributed by atoms with Crippen LogP contribution in [0.25, 0.3) is 0 Å². The number of ether oxygens (including phenoxy) is 1. The molecule has 0 amide bonds. The maximum atomic E-state index is 10.8. The largest absolute Gasteiger partial charge is 0.465 e. The van der Waals surface area contributed by atoms with Crippen molar-refractivity contribution in [3.05, 3.63) is 0 Å². The Kier molecular flexibility index (Phi) is 6.85. The number of hydrogen-bond acceptors (Lipinski definition) is 4. The molecule has 0 aliphatic rings. The molecule has 0 unspecified atom stereocenters. The zero-order valence-electron chi connectivity index (χ0n) is 7.33. The summed E-state index contributed by atoms with van der Waals surface area (Å²) in [6.07, 6.45) is 1.69. The lowest BCUT2D eigenvalue weighted by Crippen LogP contribution is -2.12. The van der Waals surface area contributed by atoms with Crippen molar-refractivity contribution in [3.8, 4) is 0 Å². The van der Waals surface area contributed by atoms with E-state index in [9.17, 15) is 9.59 Å². The van der Waals surface area contributed by atoms with Crippen molar-refractivity contribution in [1.82, 2.24) is 0 Å². The highest BCUT2D eigenvalue weighted by molar-refractivity contribution is 8.00. The van der Waals surface area contributed by atoms with Gasteiger partial charge < -0.3 is 4.74 Å². The van der Waals surface area contributed by atoms with Crippen molar-refractivity contribution in [2.45, 2.75) is 13.8 Å². The summed E-state index contributed by atoms with van der Waals surface area (Å²) in [6, 6.07) is 0. The molecule has 0 heterocycles. The fraction of sp³-hybridized carbons (Fsp3) is 0.750. The van der Waals surface area contributed by atoms with Crippen LogP contribution in [0.15, 0.2) is 0 Å². The lowest BCUT2D eigenvalue weighted by atomic mass is 10.2. The summed E-state index contributed by atoms with van der Waals surface area (Å²) < 4.78 is 4.86. The standard InChI is InChI=1S/C8H13O3S/c1-7(2)5-11-8(10)6-12-4-3-9/h7H,4-6H2,1-2H3. The van der Waals surface area contributed by atoms with Gasteiger partial charge in [0.25, 0.3) is 0 Å². The molecule has 0 saturated carbocycles. The first-order valence-electron chi connectivity index (χ1n) is 3.75. The van der Waals surface area contributed by atoms with Gasteiger partial charge in [-0.15, -0.1) is 11.8 Å². The third-order valence-corrected chi connectivity index (χ3v) is 1.72. The van der Waals surface area contributed by atoms with Gasteiger partial charge in [0, 0.05) is 0 Å². The molecule has 0 spiro atoms. The Labute approximate surface area is 76.9 Å². The molecule has 69 valence electrons. The van der Waals surface area contributed by atoms with Crippen LogP contribution in [-0.2, 0) is 14.3 Å². The minimum absolute atomic E-state index is 0.233. The van der Waals surface area contributed by atoms with E-state index in [2.05, 4.69) is 0 Å². The topological polar surface area (TPSA) is 43.4 Å². The first-order chi connectivity index (χ1) is 5.66. The first-order valence-corrected chi connectivity index (χ1v) is 4.90. The lowest BCUT2D eigenvalue weighted by molar-refractivity contribution is -0.141. The Balaban J connectivity index is 3.27. The van der Waals surface area contributed by atoms with Crippen molar-refractivity contribution < 1.29 is 14.3 Å². The Morgan fingerprint density at radius 3 is 2.75 bits per heavy atom. The fourth-order valence-corrected chi connectivity index (χ4v) is 0.913. The second-order valence-electron chi connectivity index (χ2n) is 2.71. The first kappa shape index (κ1) is 11.5. The molecule has 12 heavy (non-hydrogen) atoms. The van der Waals surface area contributed by atoms with Crippen molar-refractivity contribution in [3.63, 3.8) is 0 Å². The van der Waals surface area contributed by atoms with Crippen molar-refractivity contribution >= 4 is 24.0 Å². The second-order valence-corrected chi connectivity index (χ2v) is 3.70. The van der Waals surface area contributed by atoms with Crippen molar-refractivity contribution in [2.24, 2.45) is 5.92 Å². The maximum absolute atomic E-state index is 10.8. The number of thioether (sulfide) groups is 1. The van der Waals surface area contributed by atoms with Gasteiger partial charge in [-0.3, -0.25) is 9.59 Å². The van der Waals surface area contributed by atoms with E-state index in [1.165, 1.54) is 11.8 Å². The van der Waals surface area contributed by atoms with E-state index in [0.29, 0.717) is 12.5 Å². The van der Waals surface area contributed by atoms with Crippen LogP contribution in [0.3, 0.4) is 0 Å². The van der Waals surface area contributed by atoms with Crippen molar-refractivity contribution in [1.29, 1.82) is 0 Å². The number of rotatable bonds is 6. The van der Waals surface area contributed by atoms with Gasteiger partial charge in [-0.1, -0.05) is 13.8 Å². The molecule has 0 N–H and O–H groups in total. The summed E-state index contributed by atoms with van der Waals surface area (Å²) in [5.74, 6) is 0.569. The number of esters is 1. The van der Waals surface area contributed by atoms with Gasteiger partial charge in [0.2, 0.25) is 6.29 Å². The molecule has 0 aliphatic heterocycles. The second kappa shape index (κ2) is 7.16. The lowest BCUT2D eigenvalue weighted by Gasteiger charge is -2.05. The zero-order valence-corrected chi connectivity index (χ0v) is 8.15. The zero-order chi connectivity index (χ0) is 9.40. The van der Waals surface area contributed by atoms with Gasteiger partial charge in [-0.2, -0.15) is 0 Å². The number of hydrogen-bond donors (Lipinski definition) is 0. The van der Waals surface area contributed by atoms with E-state index in [1.54, 1.807) is 6.29 Å². The molecule has 0 atom stereocenters. The highest BCUT2D eigenvalue weighted by Crippen LogP contribution is 2.00. The van der Waals surface area contributed by atoms with Gasteiger partial charge in [-0.05, 0) is 5.92 Å². The SMILES string of the molecule is CC(C)COC(=O)CSC[C]=O. The minimum atomic E-state index is -0.260. The van der Waals surface area contributed by atoms with Crippen LogP contribution in [0.4, 0.5) is 0 Å². The summed E-state index contributed by atoms with van der Waals surface area (Å²) in [5.41, 5.74) is 0. The molecule has 0 bridgehead atoms. The molecule has 1 radical (unpaired) electrons. The summed E-state index contributed by atoms with van der Waals surface area (Å²) in [6.45, 7) is 4.39. The molecule has 0 aromatic heterocycles. The van der Waals surface area contributed by atoms with E-state index in [4.69, 9.17) is 4.74 Å². The normalized spacial score (nSPS) is 9.92. The summed E-state index contributed by atoms with van der Waals surface area (Å²) in [7, 11) is 0. The quantitative estimate of drug-likeness (QED) is 0.462. The van der Waals surface area contributed by atoms with Crippen LogP contribution in [0.5, 0.6) is 0 Å². The van der Waals surface area contributed by atoms with E-state index < -0.39 is 0 Å². The molecule has 0 aromatic carbocycles. The predicted molar refractivity (Wildman–Crippen MR) is 48.8 cm³/mol. The van der Waals surface area contributed by atoms with E-state index >= 15 is 0 Å². The van der Waals surface area contributed by atoms with E-state index in [1.807, 2.05) is 13.8 Å². The Morgan fingerprint density at radius 1 is 1.58 bits per heavy atom. The third-order valence-electron chi connectivity index (χ3n) is 0.959. The average molecular weight is 189 g/mol. The summed E-state index contributed by atoms with van der Waals surface area (Å²) >= 11 is 1.21. The Bertz CT molecular complexity index is 145. The Morgan fingerprint density at radius 2 is 2.25 bits per heavy atom. The highest BCUT2D eigenvalue weighted by atomic mass is 32.2. The third kappa shape index (κ3) is 7.60. The van der Waals surface area contributed by atoms with E-state index in [0.717, 1.165) is 0 Å². The fourth-order valence-electron chi connectivity index (χ4n) is 0.477. The molecule has 0 aliphatic carbocycles. The van der Waals surface area contributed by atoms with Crippen LogP contribution in [-0.4, -0.2) is 30.4 Å². The van der Waals surface area contributed by atoms with Gasteiger partial charge >= 0.3 is 5.97 Å². The van der Waals surface area contributed by atoms with Crippen LogP contribution < -0.4 is 0 Å². The molecule has 0 rings (SSSR count). The van der Waals surface area contributed by atoms with Crippen LogP contribution in [0.2, 0.25) is 0 Å². The van der Waals surface area contributed by atoms with Gasteiger partial charge in [0.15, 0.2) is 0 Å². The highest BCUT2D eigenvalue weighted by Gasteiger charge is 2.03. The monoisotopic (exact) mass is 189 g/mol. The molecule has 0 saturated heterocycles. The van der Waals surface area contributed by atoms with Crippen LogP contribution >= 0.6 is 11.8 Å². The van der Waals surface area contributed by atoms with Crippen LogP contribution in [0.1, 0.15) is 13.8 Å². The summed E-state index contributed by atoms with van der Waals surface area (Å²) in [5, 5.41) is 0. The van der Waals surface area contributed by atoms with Gasteiger partial charge in [0.05, 0.1) is 18.1 Å². The predicted octanol–water partition coefficient (Wildman–Crippen LogP) is 1.03. The van der Waals surface area contributed by atoms with Crippen LogP contribution in [0, 0.1) is 5.92 Å². The molecule has 0 fully saturated rings.